The van der Waals surface area contributed by atoms with Gasteiger partial charge in [0.15, 0.2) is 5.82 Å². The third kappa shape index (κ3) is 3.50. The van der Waals surface area contributed by atoms with Gasteiger partial charge in [-0.3, -0.25) is 9.89 Å². The van der Waals surface area contributed by atoms with E-state index >= 15 is 0 Å². The summed E-state index contributed by atoms with van der Waals surface area (Å²) in [5.41, 5.74) is 3.33. The van der Waals surface area contributed by atoms with Crippen LogP contribution in [-0.4, -0.2) is 34.4 Å². The number of carbonyl (C=O) groups is 1. The molecule has 2 heterocycles. The van der Waals surface area contributed by atoms with Crippen molar-refractivity contribution in [3.05, 3.63) is 60.2 Å². The average molecular weight is 404 g/mol. The standard InChI is InChI=1S/C23H24N4O3/c1-4-27-18-10-8-12-20(29-3)16(18)13-19(27)17-14-22(26-25-17)24-23(28)15-9-6-7-11-21(15)30-5-2/h6-14H,4-5H2,1-3H3,(H2,24,25,26,28). The van der Waals surface area contributed by atoms with E-state index in [1.807, 2.05) is 31.2 Å². The Morgan fingerprint density at radius 1 is 1.10 bits per heavy atom. The minimum Gasteiger partial charge on any atom is -0.496 e. The van der Waals surface area contributed by atoms with Gasteiger partial charge in [0.25, 0.3) is 5.91 Å². The highest BCUT2D eigenvalue weighted by Crippen LogP contribution is 2.33. The maximum atomic E-state index is 12.7. The zero-order valence-electron chi connectivity index (χ0n) is 17.2. The summed E-state index contributed by atoms with van der Waals surface area (Å²) in [6, 6.07) is 17.0. The first kappa shape index (κ1) is 19.6. The van der Waals surface area contributed by atoms with Gasteiger partial charge in [0, 0.05) is 18.0 Å². The van der Waals surface area contributed by atoms with Crippen molar-refractivity contribution in [1.29, 1.82) is 0 Å². The van der Waals surface area contributed by atoms with E-state index in [0.29, 0.717) is 23.7 Å². The number of ether oxygens (including phenoxy) is 2. The highest BCUT2D eigenvalue weighted by atomic mass is 16.5. The highest BCUT2D eigenvalue weighted by Gasteiger charge is 2.17. The van der Waals surface area contributed by atoms with E-state index in [2.05, 4.69) is 39.1 Å². The summed E-state index contributed by atoms with van der Waals surface area (Å²) >= 11 is 0. The predicted octanol–water partition coefficient (Wildman–Crippen LogP) is 4.71. The fourth-order valence-electron chi connectivity index (χ4n) is 3.64. The number of benzene rings is 2. The van der Waals surface area contributed by atoms with Gasteiger partial charge in [0.2, 0.25) is 0 Å². The van der Waals surface area contributed by atoms with Crippen LogP contribution in [0.5, 0.6) is 11.5 Å². The summed E-state index contributed by atoms with van der Waals surface area (Å²) in [6.07, 6.45) is 0. The van der Waals surface area contributed by atoms with Crippen LogP contribution >= 0.6 is 0 Å². The van der Waals surface area contributed by atoms with E-state index in [9.17, 15) is 4.79 Å². The Balaban J connectivity index is 1.65. The van der Waals surface area contributed by atoms with Crippen molar-refractivity contribution in [3.63, 3.8) is 0 Å². The van der Waals surface area contributed by atoms with Gasteiger partial charge in [0.05, 0.1) is 36.2 Å². The number of fused-ring (bicyclic) bond motifs is 1. The molecular formula is C23H24N4O3. The molecule has 0 saturated heterocycles. The second-order valence-electron chi connectivity index (χ2n) is 6.72. The molecule has 0 aliphatic carbocycles. The molecule has 0 aliphatic rings. The molecule has 0 unspecified atom stereocenters. The lowest BCUT2D eigenvalue weighted by Gasteiger charge is -2.09. The molecule has 0 fully saturated rings. The van der Waals surface area contributed by atoms with E-state index < -0.39 is 0 Å². The number of rotatable bonds is 7. The van der Waals surface area contributed by atoms with Crippen LogP contribution < -0.4 is 14.8 Å². The first-order valence-corrected chi connectivity index (χ1v) is 9.91. The molecule has 1 amide bonds. The third-order valence-electron chi connectivity index (χ3n) is 4.97. The summed E-state index contributed by atoms with van der Waals surface area (Å²) in [7, 11) is 1.67. The number of nitrogens with one attached hydrogen (secondary N) is 2. The van der Waals surface area contributed by atoms with E-state index in [-0.39, 0.29) is 5.91 Å². The van der Waals surface area contributed by atoms with Gasteiger partial charge in [0.1, 0.15) is 11.5 Å². The molecule has 2 N–H and O–H groups in total. The first-order chi connectivity index (χ1) is 14.7. The lowest BCUT2D eigenvalue weighted by atomic mass is 10.2. The molecule has 0 aliphatic heterocycles. The van der Waals surface area contributed by atoms with E-state index in [1.165, 1.54) is 0 Å². The van der Waals surface area contributed by atoms with Crippen LogP contribution in [0.2, 0.25) is 0 Å². The second kappa shape index (κ2) is 8.32. The number of anilines is 1. The fourth-order valence-corrected chi connectivity index (χ4v) is 3.64. The number of amides is 1. The van der Waals surface area contributed by atoms with Crippen molar-refractivity contribution in [2.24, 2.45) is 0 Å². The van der Waals surface area contributed by atoms with Gasteiger partial charge >= 0.3 is 0 Å². The molecule has 0 atom stereocenters. The zero-order valence-corrected chi connectivity index (χ0v) is 17.2. The molecule has 0 radical (unpaired) electrons. The molecule has 4 aromatic rings. The topological polar surface area (TPSA) is 81.2 Å². The molecule has 7 nitrogen and oxygen atoms in total. The number of methoxy groups -OCH3 is 1. The van der Waals surface area contributed by atoms with Crippen molar-refractivity contribution >= 4 is 22.6 Å². The molecule has 2 aromatic carbocycles. The van der Waals surface area contributed by atoms with Crippen molar-refractivity contribution in [3.8, 4) is 22.9 Å². The quantitative estimate of drug-likeness (QED) is 0.467. The molecule has 0 saturated carbocycles. The number of aromatic amines is 1. The van der Waals surface area contributed by atoms with Gasteiger partial charge in [-0.05, 0) is 44.2 Å². The number of nitrogens with zero attached hydrogens (tertiary/aromatic N) is 2. The first-order valence-electron chi connectivity index (χ1n) is 9.91. The Bertz CT molecular complexity index is 1190. The number of hydrogen-bond acceptors (Lipinski definition) is 4. The number of hydrogen-bond donors (Lipinski definition) is 2. The summed E-state index contributed by atoms with van der Waals surface area (Å²) in [6.45, 7) is 5.25. The van der Waals surface area contributed by atoms with Crippen LogP contribution in [0.15, 0.2) is 54.6 Å². The number of aryl methyl sites for hydroxylation is 1. The van der Waals surface area contributed by atoms with Gasteiger partial charge in [-0.25, -0.2) is 0 Å². The maximum Gasteiger partial charge on any atom is 0.260 e. The minimum atomic E-state index is -0.269. The second-order valence-corrected chi connectivity index (χ2v) is 6.72. The van der Waals surface area contributed by atoms with Crippen molar-refractivity contribution < 1.29 is 14.3 Å². The Hall–Kier alpha value is -3.74. The molecule has 4 rings (SSSR count). The molecular weight excluding hydrogens is 380 g/mol. The van der Waals surface area contributed by atoms with Crippen LogP contribution in [0, 0.1) is 0 Å². The summed E-state index contributed by atoms with van der Waals surface area (Å²) in [5, 5.41) is 11.2. The highest BCUT2D eigenvalue weighted by molar-refractivity contribution is 6.06. The number of H-pyrrole nitrogens is 1. The van der Waals surface area contributed by atoms with Crippen LogP contribution in [0.3, 0.4) is 0 Å². The van der Waals surface area contributed by atoms with E-state index in [4.69, 9.17) is 9.47 Å². The number of para-hydroxylation sites is 1. The summed E-state index contributed by atoms with van der Waals surface area (Å²) in [5.74, 6) is 1.55. The zero-order chi connectivity index (χ0) is 21.1. The molecule has 2 aromatic heterocycles. The van der Waals surface area contributed by atoms with Gasteiger partial charge < -0.3 is 19.4 Å². The Labute approximate surface area is 174 Å². The van der Waals surface area contributed by atoms with Crippen LogP contribution in [0.1, 0.15) is 24.2 Å². The van der Waals surface area contributed by atoms with Crippen LogP contribution in [0.4, 0.5) is 5.82 Å². The predicted molar refractivity (Wildman–Crippen MR) is 117 cm³/mol. The van der Waals surface area contributed by atoms with Gasteiger partial charge in [-0.2, -0.15) is 5.10 Å². The third-order valence-corrected chi connectivity index (χ3v) is 4.97. The molecule has 0 spiro atoms. The Kier molecular flexibility index (Phi) is 5.43. The van der Waals surface area contributed by atoms with Crippen LogP contribution in [0.25, 0.3) is 22.3 Å². The summed E-state index contributed by atoms with van der Waals surface area (Å²) < 4.78 is 13.2. The van der Waals surface area contributed by atoms with E-state index in [0.717, 1.165) is 34.6 Å². The van der Waals surface area contributed by atoms with Crippen molar-refractivity contribution in [2.45, 2.75) is 20.4 Å². The Morgan fingerprint density at radius 3 is 2.67 bits per heavy atom. The summed E-state index contributed by atoms with van der Waals surface area (Å²) in [4.78, 5) is 12.7. The fraction of sp³-hybridized carbons (Fsp3) is 0.217. The van der Waals surface area contributed by atoms with Gasteiger partial charge in [-0.1, -0.05) is 18.2 Å². The smallest absolute Gasteiger partial charge is 0.260 e. The lowest BCUT2D eigenvalue weighted by molar-refractivity contribution is 0.102. The number of carbonyl (C=O) groups excluding carboxylic acids is 1. The van der Waals surface area contributed by atoms with Crippen molar-refractivity contribution in [2.75, 3.05) is 19.0 Å². The minimum absolute atomic E-state index is 0.269. The Morgan fingerprint density at radius 2 is 1.90 bits per heavy atom. The largest absolute Gasteiger partial charge is 0.496 e. The molecule has 0 bridgehead atoms. The van der Waals surface area contributed by atoms with Crippen molar-refractivity contribution in [1.82, 2.24) is 14.8 Å². The number of aromatic nitrogens is 3. The van der Waals surface area contributed by atoms with Gasteiger partial charge in [-0.15, -0.1) is 0 Å². The molecule has 7 heteroatoms. The average Bonchev–Trinajstić information content (AvgIpc) is 3.38. The normalized spacial score (nSPS) is 10.9. The molecule has 154 valence electrons. The van der Waals surface area contributed by atoms with Crippen LogP contribution in [-0.2, 0) is 6.54 Å². The molecule has 30 heavy (non-hydrogen) atoms. The maximum absolute atomic E-state index is 12.7. The van der Waals surface area contributed by atoms with E-state index in [1.54, 1.807) is 25.3 Å². The SMILES string of the molecule is CCOc1ccccc1C(=O)Nc1cc(-c2cc3c(OC)cccc3n2CC)[nH]n1. The lowest BCUT2D eigenvalue weighted by Crippen LogP contribution is -2.13. The monoisotopic (exact) mass is 404 g/mol.